The first-order valence-corrected chi connectivity index (χ1v) is 6.62. The van der Waals surface area contributed by atoms with Gasteiger partial charge in [-0.25, -0.2) is 0 Å². The third kappa shape index (κ3) is 3.33. The van der Waals surface area contributed by atoms with E-state index in [0.29, 0.717) is 6.54 Å². The predicted molar refractivity (Wildman–Crippen MR) is 74.9 cm³/mol. The summed E-state index contributed by atoms with van der Waals surface area (Å²) >= 11 is 0. The number of carbonyl (C=O) groups excluding carboxylic acids is 1. The second-order valence-electron chi connectivity index (χ2n) is 5.32. The molecule has 2 rings (SSSR count). The van der Waals surface area contributed by atoms with Crippen LogP contribution < -0.4 is 10.2 Å². The molecule has 1 amide bonds. The minimum atomic E-state index is 0.127. The lowest BCUT2D eigenvalue weighted by molar-refractivity contribution is -0.117. The number of nitrogens with one attached hydrogen (secondary N) is 1. The Bertz CT molecular complexity index is 438. The average molecular weight is 246 g/mol. The standard InChI is InChI=1S/C15H22N2O/c1-11-4-7-14(12(2)8-11)17(3)15(18)10-16-9-13-5-6-13/h4,7-8,13,16H,5-6,9-10H2,1-3H3. The van der Waals surface area contributed by atoms with E-state index in [1.165, 1.54) is 18.4 Å². The average Bonchev–Trinajstić information content (AvgIpc) is 3.12. The Labute approximate surface area is 109 Å². The second-order valence-corrected chi connectivity index (χ2v) is 5.32. The van der Waals surface area contributed by atoms with E-state index < -0.39 is 0 Å². The van der Waals surface area contributed by atoms with Crippen molar-refractivity contribution < 1.29 is 4.79 Å². The summed E-state index contributed by atoms with van der Waals surface area (Å²) in [6, 6.07) is 6.17. The van der Waals surface area contributed by atoms with Crippen LogP contribution in [0, 0.1) is 19.8 Å². The number of hydrogen-bond acceptors (Lipinski definition) is 2. The fourth-order valence-electron chi connectivity index (χ4n) is 2.14. The number of likely N-dealkylation sites (N-methyl/N-ethyl adjacent to an activating group) is 1. The van der Waals surface area contributed by atoms with Crippen LogP contribution in [0.15, 0.2) is 18.2 Å². The quantitative estimate of drug-likeness (QED) is 0.864. The minimum Gasteiger partial charge on any atom is -0.314 e. The summed E-state index contributed by atoms with van der Waals surface area (Å²) in [5.74, 6) is 0.937. The molecule has 0 spiro atoms. The molecule has 0 radical (unpaired) electrons. The lowest BCUT2D eigenvalue weighted by Crippen LogP contribution is -2.36. The smallest absolute Gasteiger partial charge is 0.240 e. The van der Waals surface area contributed by atoms with Gasteiger partial charge < -0.3 is 10.2 Å². The first kappa shape index (κ1) is 13.1. The molecule has 0 aromatic heterocycles. The molecule has 1 aromatic carbocycles. The maximum absolute atomic E-state index is 12.0. The molecule has 3 nitrogen and oxygen atoms in total. The summed E-state index contributed by atoms with van der Waals surface area (Å²) < 4.78 is 0. The van der Waals surface area contributed by atoms with Gasteiger partial charge in [-0.2, -0.15) is 0 Å². The maximum Gasteiger partial charge on any atom is 0.240 e. The molecule has 0 saturated heterocycles. The van der Waals surface area contributed by atoms with E-state index in [0.717, 1.165) is 23.7 Å². The Kier molecular flexibility index (Phi) is 4.02. The second kappa shape index (κ2) is 5.53. The number of nitrogens with zero attached hydrogens (tertiary/aromatic N) is 1. The lowest BCUT2D eigenvalue weighted by atomic mass is 10.1. The summed E-state index contributed by atoms with van der Waals surface area (Å²) in [6.45, 7) is 5.52. The number of aryl methyl sites for hydroxylation is 2. The summed E-state index contributed by atoms with van der Waals surface area (Å²) in [5.41, 5.74) is 3.37. The number of benzene rings is 1. The molecular weight excluding hydrogens is 224 g/mol. The van der Waals surface area contributed by atoms with Gasteiger partial charge in [0.1, 0.15) is 0 Å². The van der Waals surface area contributed by atoms with Gasteiger partial charge in [0.25, 0.3) is 0 Å². The predicted octanol–water partition coefficient (Wildman–Crippen LogP) is 2.27. The highest BCUT2D eigenvalue weighted by Crippen LogP contribution is 2.27. The van der Waals surface area contributed by atoms with Crippen LogP contribution >= 0.6 is 0 Å². The van der Waals surface area contributed by atoms with Crippen LogP contribution in [0.5, 0.6) is 0 Å². The topological polar surface area (TPSA) is 32.3 Å². The molecule has 98 valence electrons. The van der Waals surface area contributed by atoms with Crippen molar-refractivity contribution in [2.24, 2.45) is 5.92 Å². The zero-order valence-corrected chi connectivity index (χ0v) is 11.5. The largest absolute Gasteiger partial charge is 0.314 e. The minimum absolute atomic E-state index is 0.127. The van der Waals surface area contributed by atoms with Crippen LogP contribution in [-0.2, 0) is 4.79 Å². The zero-order chi connectivity index (χ0) is 13.1. The molecule has 1 aromatic rings. The van der Waals surface area contributed by atoms with Gasteiger partial charge in [-0.1, -0.05) is 17.7 Å². The molecule has 3 heteroatoms. The van der Waals surface area contributed by atoms with Crippen molar-refractivity contribution in [3.63, 3.8) is 0 Å². The SMILES string of the molecule is Cc1ccc(N(C)C(=O)CNCC2CC2)c(C)c1. The summed E-state index contributed by atoms with van der Waals surface area (Å²) in [6.07, 6.45) is 2.63. The van der Waals surface area contributed by atoms with Gasteiger partial charge in [-0.05, 0) is 50.8 Å². The van der Waals surface area contributed by atoms with E-state index in [2.05, 4.69) is 18.3 Å². The highest BCUT2D eigenvalue weighted by atomic mass is 16.2. The maximum atomic E-state index is 12.0. The van der Waals surface area contributed by atoms with E-state index in [9.17, 15) is 4.79 Å². The highest BCUT2D eigenvalue weighted by molar-refractivity contribution is 5.95. The monoisotopic (exact) mass is 246 g/mol. The number of hydrogen-bond donors (Lipinski definition) is 1. The Balaban J connectivity index is 1.91. The van der Waals surface area contributed by atoms with E-state index in [-0.39, 0.29) is 5.91 Å². The highest BCUT2D eigenvalue weighted by Gasteiger charge is 2.21. The number of rotatable bonds is 5. The van der Waals surface area contributed by atoms with E-state index in [4.69, 9.17) is 0 Å². The molecule has 0 atom stereocenters. The zero-order valence-electron chi connectivity index (χ0n) is 11.5. The van der Waals surface area contributed by atoms with Crippen molar-refractivity contribution in [1.82, 2.24) is 5.32 Å². The first-order valence-electron chi connectivity index (χ1n) is 6.62. The van der Waals surface area contributed by atoms with Crippen LogP contribution in [0.4, 0.5) is 5.69 Å². The lowest BCUT2D eigenvalue weighted by Gasteiger charge is -2.20. The Hall–Kier alpha value is -1.35. The fourth-order valence-corrected chi connectivity index (χ4v) is 2.14. The molecule has 1 aliphatic rings. The number of carbonyl (C=O) groups is 1. The van der Waals surface area contributed by atoms with Gasteiger partial charge in [-0.15, -0.1) is 0 Å². The van der Waals surface area contributed by atoms with Crippen LogP contribution in [0.1, 0.15) is 24.0 Å². The van der Waals surface area contributed by atoms with E-state index >= 15 is 0 Å². The molecule has 0 bridgehead atoms. The van der Waals surface area contributed by atoms with Crippen LogP contribution in [-0.4, -0.2) is 26.0 Å². The van der Waals surface area contributed by atoms with Crippen molar-refractivity contribution in [3.05, 3.63) is 29.3 Å². The van der Waals surface area contributed by atoms with Crippen molar-refractivity contribution in [2.45, 2.75) is 26.7 Å². The Morgan fingerprint density at radius 2 is 2.11 bits per heavy atom. The van der Waals surface area contributed by atoms with E-state index in [1.54, 1.807) is 4.90 Å². The van der Waals surface area contributed by atoms with Crippen LogP contribution in [0.2, 0.25) is 0 Å². The summed E-state index contributed by atoms with van der Waals surface area (Å²) in [7, 11) is 1.85. The molecular formula is C15H22N2O. The molecule has 1 aliphatic carbocycles. The van der Waals surface area contributed by atoms with Crippen molar-refractivity contribution in [2.75, 3.05) is 25.0 Å². The third-order valence-corrected chi connectivity index (χ3v) is 3.49. The molecule has 0 aliphatic heterocycles. The normalized spacial score (nSPS) is 14.6. The van der Waals surface area contributed by atoms with Gasteiger partial charge >= 0.3 is 0 Å². The van der Waals surface area contributed by atoms with Gasteiger partial charge in [-0.3, -0.25) is 4.79 Å². The van der Waals surface area contributed by atoms with E-state index in [1.807, 2.05) is 26.1 Å². The van der Waals surface area contributed by atoms with Gasteiger partial charge in [0, 0.05) is 12.7 Å². The molecule has 18 heavy (non-hydrogen) atoms. The fraction of sp³-hybridized carbons (Fsp3) is 0.533. The number of amides is 1. The molecule has 0 unspecified atom stereocenters. The molecule has 1 saturated carbocycles. The number of anilines is 1. The van der Waals surface area contributed by atoms with Crippen molar-refractivity contribution in [1.29, 1.82) is 0 Å². The third-order valence-electron chi connectivity index (χ3n) is 3.49. The molecule has 1 fully saturated rings. The molecule has 1 N–H and O–H groups in total. The van der Waals surface area contributed by atoms with Crippen molar-refractivity contribution in [3.8, 4) is 0 Å². The van der Waals surface area contributed by atoms with Crippen LogP contribution in [0.25, 0.3) is 0 Å². The summed E-state index contributed by atoms with van der Waals surface area (Å²) in [5, 5.41) is 3.24. The Morgan fingerprint density at radius 3 is 2.72 bits per heavy atom. The first-order chi connectivity index (χ1) is 8.58. The summed E-state index contributed by atoms with van der Waals surface area (Å²) in [4.78, 5) is 13.8. The van der Waals surface area contributed by atoms with Gasteiger partial charge in [0.05, 0.1) is 6.54 Å². The van der Waals surface area contributed by atoms with Gasteiger partial charge in [0.2, 0.25) is 5.91 Å². The molecule has 0 heterocycles. The van der Waals surface area contributed by atoms with Crippen LogP contribution in [0.3, 0.4) is 0 Å². The Morgan fingerprint density at radius 1 is 1.39 bits per heavy atom. The van der Waals surface area contributed by atoms with Crippen molar-refractivity contribution >= 4 is 11.6 Å². The van der Waals surface area contributed by atoms with Gasteiger partial charge in [0.15, 0.2) is 0 Å².